The lowest BCUT2D eigenvalue weighted by Crippen LogP contribution is -2.20. The highest BCUT2D eigenvalue weighted by Gasteiger charge is 2.06. The van der Waals surface area contributed by atoms with Crippen LogP contribution < -0.4 is 10.1 Å². The zero-order chi connectivity index (χ0) is 13.7. The van der Waals surface area contributed by atoms with E-state index in [1.54, 1.807) is 18.3 Å². The van der Waals surface area contributed by atoms with Gasteiger partial charge in [-0.05, 0) is 43.2 Å². The van der Waals surface area contributed by atoms with Gasteiger partial charge in [-0.3, -0.25) is 4.79 Å². The summed E-state index contributed by atoms with van der Waals surface area (Å²) in [7, 11) is 0. The summed E-state index contributed by atoms with van der Waals surface area (Å²) in [5, 5.41) is 2.67. The van der Waals surface area contributed by atoms with Crippen molar-refractivity contribution in [3.63, 3.8) is 0 Å². The fraction of sp³-hybridized carbons (Fsp3) is 0.200. The Kier molecular flexibility index (Phi) is 4.13. The summed E-state index contributed by atoms with van der Waals surface area (Å²) in [6.07, 6.45) is 1.63. The van der Waals surface area contributed by atoms with Crippen LogP contribution in [0, 0.1) is 13.8 Å². The lowest BCUT2D eigenvalue weighted by Gasteiger charge is -2.09. The summed E-state index contributed by atoms with van der Waals surface area (Å²) in [5.41, 5.74) is 2.11. The maximum atomic E-state index is 11.7. The van der Waals surface area contributed by atoms with E-state index in [2.05, 4.69) is 10.3 Å². The maximum absolute atomic E-state index is 11.7. The smallest absolute Gasteiger partial charge is 0.263 e. The molecule has 1 aromatic carbocycles. The number of ether oxygens (including phenoxy) is 1. The van der Waals surface area contributed by atoms with Gasteiger partial charge in [-0.25, -0.2) is 4.98 Å². The molecule has 0 unspecified atom stereocenters. The standard InChI is InChI=1S/C15H16N2O2/c1-11-6-7-12(2)13(9-11)19-10-15(18)17-14-5-3-4-8-16-14/h3-9H,10H2,1-2H3,(H,16,17,18). The second-order valence-electron chi connectivity index (χ2n) is 4.32. The number of benzene rings is 1. The number of anilines is 1. The second kappa shape index (κ2) is 6.00. The van der Waals surface area contributed by atoms with E-state index in [0.717, 1.165) is 16.9 Å². The predicted octanol–water partition coefficient (Wildman–Crippen LogP) is 2.72. The van der Waals surface area contributed by atoms with E-state index >= 15 is 0 Å². The van der Waals surface area contributed by atoms with Gasteiger partial charge in [0.15, 0.2) is 6.61 Å². The summed E-state index contributed by atoms with van der Waals surface area (Å²) in [5.74, 6) is 1.04. The van der Waals surface area contributed by atoms with Crippen LogP contribution in [0.4, 0.5) is 5.82 Å². The van der Waals surface area contributed by atoms with Crippen LogP contribution in [0.15, 0.2) is 42.6 Å². The molecule has 19 heavy (non-hydrogen) atoms. The first-order chi connectivity index (χ1) is 9.15. The number of aromatic nitrogens is 1. The summed E-state index contributed by atoms with van der Waals surface area (Å²) in [6.45, 7) is 3.91. The number of carbonyl (C=O) groups is 1. The first-order valence-electron chi connectivity index (χ1n) is 6.06. The van der Waals surface area contributed by atoms with Gasteiger partial charge in [0.25, 0.3) is 5.91 Å². The number of rotatable bonds is 4. The topological polar surface area (TPSA) is 51.2 Å². The Hall–Kier alpha value is -2.36. The number of hydrogen-bond donors (Lipinski definition) is 1. The highest BCUT2D eigenvalue weighted by atomic mass is 16.5. The molecule has 0 radical (unpaired) electrons. The average Bonchev–Trinajstić information content (AvgIpc) is 2.41. The van der Waals surface area contributed by atoms with E-state index in [4.69, 9.17) is 4.74 Å². The molecule has 0 atom stereocenters. The molecule has 1 heterocycles. The van der Waals surface area contributed by atoms with Crippen molar-refractivity contribution in [3.8, 4) is 5.75 Å². The molecule has 4 nitrogen and oxygen atoms in total. The summed E-state index contributed by atoms with van der Waals surface area (Å²) in [4.78, 5) is 15.7. The Labute approximate surface area is 112 Å². The van der Waals surface area contributed by atoms with Crippen LogP contribution in [0.5, 0.6) is 5.75 Å². The van der Waals surface area contributed by atoms with Crippen molar-refractivity contribution < 1.29 is 9.53 Å². The number of pyridine rings is 1. The third-order valence-electron chi connectivity index (χ3n) is 2.63. The lowest BCUT2D eigenvalue weighted by molar-refractivity contribution is -0.118. The molecule has 0 bridgehead atoms. The van der Waals surface area contributed by atoms with E-state index < -0.39 is 0 Å². The van der Waals surface area contributed by atoms with Gasteiger partial charge in [0, 0.05) is 6.20 Å². The van der Waals surface area contributed by atoms with Gasteiger partial charge in [-0.15, -0.1) is 0 Å². The Morgan fingerprint density at radius 1 is 1.26 bits per heavy atom. The molecule has 0 aliphatic carbocycles. The highest BCUT2D eigenvalue weighted by molar-refractivity contribution is 5.90. The molecule has 1 N–H and O–H groups in total. The number of carbonyl (C=O) groups excluding carboxylic acids is 1. The number of nitrogens with one attached hydrogen (secondary N) is 1. The van der Waals surface area contributed by atoms with Crippen LogP contribution in [-0.2, 0) is 4.79 Å². The van der Waals surface area contributed by atoms with Crippen LogP contribution in [0.25, 0.3) is 0 Å². The van der Waals surface area contributed by atoms with Crippen molar-refractivity contribution in [2.45, 2.75) is 13.8 Å². The minimum atomic E-state index is -0.223. The largest absolute Gasteiger partial charge is 0.483 e. The number of amides is 1. The zero-order valence-corrected chi connectivity index (χ0v) is 11.0. The van der Waals surface area contributed by atoms with Gasteiger partial charge in [-0.2, -0.15) is 0 Å². The summed E-state index contributed by atoms with van der Waals surface area (Å²) >= 11 is 0. The minimum absolute atomic E-state index is 0.0269. The average molecular weight is 256 g/mol. The molecule has 0 saturated carbocycles. The molecule has 4 heteroatoms. The number of hydrogen-bond acceptors (Lipinski definition) is 3. The Morgan fingerprint density at radius 3 is 2.84 bits per heavy atom. The molecule has 1 aromatic heterocycles. The molecular formula is C15H16N2O2. The molecule has 0 spiro atoms. The Bertz CT molecular complexity index is 568. The van der Waals surface area contributed by atoms with Gasteiger partial charge in [0.1, 0.15) is 11.6 Å². The van der Waals surface area contributed by atoms with E-state index in [9.17, 15) is 4.79 Å². The fourth-order valence-electron chi connectivity index (χ4n) is 1.62. The van der Waals surface area contributed by atoms with Crippen LogP contribution >= 0.6 is 0 Å². The van der Waals surface area contributed by atoms with Crippen molar-refractivity contribution >= 4 is 11.7 Å². The molecule has 0 aliphatic heterocycles. The van der Waals surface area contributed by atoms with Crippen LogP contribution in [0.1, 0.15) is 11.1 Å². The molecule has 0 aliphatic rings. The minimum Gasteiger partial charge on any atom is -0.483 e. The molecular weight excluding hydrogens is 240 g/mol. The van der Waals surface area contributed by atoms with Crippen molar-refractivity contribution in [2.24, 2.45) is 0 Å². The molecule has 2 rings (SSSR count). The first kappa shape index (κ1) is 13.1. The maximum Gasteiger partial charge on any atom is 0.263 e. The normalized spacial score (nSPS) is 10.0. The third kappa shape index (κ3) is 3.81. The van der Waals surface area contributed by atoms with Gasteiger partial charge >= 0.3 is 0 Å². The zero-order valence-electron chi connectivity index (χ0n) is 11.0. The summed E-state index contributed by atoms with van der Waals surface area (Å²) < 4.78 is 5.51. The van der Waals surface area contributed by atoms with Crippen LogP contribution in [0.3, 0.4) is 0 Å². The van der Waals surface area contributed by atoms with Crippen LogP contribution in [-0.4, -0.2) is 17.5 Å². The van der Waals surface area contributed by atoms with Crippen LogP contribution in [0.2, 0.25) is 0 Å². The highest BCUT2D eigenvalue weighted by Crippen LogP contribution is 2.18. The van der Waals surface area contributed by atoms with E-state index in [1.165, 1.54) is 0 Å². The van der Waals surface area contributed by atoms with Crippen molar-refractivity contribution in [1.29, 1.82) is 0 Å². The van der Waals surface area contributed by atoms with Crippen molar-refractivity contribution in [3.05, 3.63) is 53.7 Å². The third-order valence-corrected chi connectivity index (χ3v) is 2.63. The van der Waals surface area contributed by atoms with Gasteiger partial charge in [0.05, 0.1) is 0 Å². The van der Waals surface area contributed by atoms with E-state index in [-0.39, 0.29) is 12.5 Å². The van der Waals surface area contributed by atoms with Gasteiger partial charge < -0.3 is 10.1 Å². The quantitative estimate of drug-likeness (QED) is 0.915. The SMILES string of the molecule is Cc1ccc(C)c(OCC(=O)Nc2ccccn2)c1. The number of aryl methyl sites for hydroxylation is 2. The molecule has 0 saturated heterocycles. The molecule has 1 amide bonds. The van der Waals surface area contributed by atoms with Gasteiger partial charge in [0.2, 0.25) is 0 Å². The fourth-order valence-corrected chi connectivity index (χ4v) is 1.62. The number of nitrogens with zero attached hydrogens (tertiary/aromatic N) is 1. The molecule has 98 valence electrons. The predicted molar refractivity (Wildman–Crippen MR) is 74.3 cm³/mol. The Balaban J connectivity index is 1.92. The van der Waals surface area contributed by atoms with E-state index in [1.807, 2.05) is 38.1 Å². The van der Waals surface area contributed by atoms with E-state index in [0.29, 0.717) is 5.82 Å². The molecule has 2 aromatic rings. The van der Waals surface area contributed by atoms with Gasteiger partial charge in [-0.1, -0.05) is 18.2 Å². The monoisotopic (exact) mass is 256 g/mol. The first-order valence-corrected chi connectivity index (χ1v) is 6.06. The van der Waals surface area contributed by atoms with Crippen molar-refractivity contribution in [2.75, 3.05) is 11.9 Å². The Morgan fingerprint density at radius 2 is 2.11 bits per heavy atom. The molecule has 0 fully saturated rings. The second-order valence-corrected chi connectivity index (χ2v) is 4.32. The lowest BCUT2D eigenvalue weighted by atomic mass is 10.1. The van der Waals surface area contributed by atoms with Crippen molar-refractivity contribution in [1.82, 2.24) is 4.98 Å². The summed E-state index contributed by atoms with van der Waals surface area (Å²) in [6, 6.07) is 11.2.